The largest absolute Gasteiger partial charge is 0.444 e. The van der Waals surface area contributed by atoms with Gasteiger partial charge in [-0.05, 0) is 46.1 Å². The molecule has 6 heteroatoms. The van der Waals surface area contributed by atoms with Gasteiger partial charge in [0.1, 0.15) is 12.3 Å². The SMILES string of the molecule is CCNC(=NCc1nc(C)c(C)o1)NCC1(c2cccc(C)c2)CCCC1.I. The molecule has 2 N–H and O–H groups in total. The van der Waals surface area contributed by atoms with Crippen molar-refractivity contribution in [2.24, 2.45) is 4.99 Å². The van der Waals surface area contributed by atoms with Crippen molar-refractivity contribution >= 4 is 29.9 Å². The zero-order valence-electron chi connectivity index (χ0n) is 17.5. The van der Waals surface area contributed by atoms with E-state index in [0.717, 1.165) is 30.5 Å². The van der Waals surface area contributed by atoms with Crippen molar-refractivity contribution in [3.63, 3.8) is 0 Å². The average Bonchev–Trinajstić information content (AvgIpc) is 3.25. The summed E-state index contributed by atoms with van der Waals surface area (Å²) in [6.45, 7) is 10.3. The zero-order valence-corrected chi connectivity index (χ0v) is 19.8. The molecule has 0 bridgehead atoms. The number of guanidine groups is 1. The van der Waals surface area contributed by atoms with Gasteiger partial charge in [0.25, 0.3) is 0 Å². The maximum absolute atomic E-state index is 5.65. The molecule has 0 spiro atoms. The number of aliphatic imine (C=N–C) groups is 1. The van der Waals surface area contributed by atoms with Gasteiger partial charge in [0.05, 0.1) is 5.69 Å². The normalized spacial score (nSPS) is 15.9. The number of nitrogens with zero attached hydrogens (tertiary/aromatic N) is 2. The van der Waals surface area contributed by atoms with Crippen molar-refractivity contribution in [1.82, 2.24) is 15.6 Å². The monoisotopic (exact) mass is 496 g/mol. The summed E-state index contributed by atoms with van der Waals surface area (Å²) >= 11 is 0. The summed E-state index contributed by atoms with van der Waals surface area (Å²) in [7, 11) is 0. The molecule has 1 saturated carbocycles. The van der Waals surface area contributed by atoms with Crippen molar-refractivity contribution in [2.75, 3.05) is 13.1 Å². The predicted octanol–water partition coefficient (Wildman–Crippen LogP) is 4.78. The first-order chi connectivity index (χ1) is 13.0. The number of rotatable bonds is 6. The Kier molecular flexibility index (Phi) is 8.34. The number of halogens is 1. The van der Waals surface area contributed by atoms with Gasteiger partial charge in [-0.25, -0.2) is 9.98 Å². The van der Waals surface area contributed by atoms with Gasteiger partial charge in [-0.15, -0.1) is 24.0 Å². The first-order valence-electron chi connectivity index (χ1n) is 10.0. The molecule has 1 heterocycles. The van der Waals surface area contributed by atoms with Gasteiger partial charge in [-0.2, -0.15) is 0 Å². The highest BCUT2D eigenvalue weighted by molar-refractivity contribution is 14.0. The molecule has 2 aromatic rings. The van der Waals surface area contributed by atoms with Gasteiger partial charge in [0.2, 0.25) is 5.89 Å². The second-order valence-corrected chi connectivity index (χ2v) is 7.65. The Morgan fingerprint density at radius 3 is 2.54 bits per heavy atom. The third-order valence-electron chi connectivity index (χ3n) is 5.57. The van der Waals surface area contributed by atoms with Crippen LogP contribution >= 0.6 is 24.0 Å². The molecule has 28 heavy (non-hydrogen) atoms. The fourth-order valence-corrected chi connectivity index (χ4v) is 3.94. The van der Waals surface area contributed by atoms with E-state index in [-0.39, 0.29) is 29.4 Å². The van der Waals surface area contributed by atoms with Gasteiger partial charge < -0.3 is 15.1 Å². The second kappa shape index (κ2) is 10.3. The van der Waals surface area contributed by atoms with Gasteiger partial charge in [-0.3, -0.25) is 0 Å². The molecule has 1 aliphatic carbocycles. The Hall–Kier alpha value is -1.57. The lowest BCUT2D eigenvalue weighted by molar-refractivity contribution is 0.430. The Labute approximate surface area is 185 Å². The van der Waals surface area contributed by atoms with Crippen LogP contribution < -0.4 is 10.6 Å². The van der Waals surface area contributed by atoms with E-state index in [1.165, 1.54) is 36.8 Å². The van der Waals surface area contributed by atoms with Crippen molar-refractivity contribution in [3.05, 3.63) is 52.7 Å². The third kappa shape index (κ3) is 5.49. The summed E-state index contributed by atoms with van der Waals surface area (Å²) in [5.41, 5.74) is 3.90. The third-order valence-corrected chi connectivity index (χ3v) is 5.57. The van der Waals surface area contributed by atoms with E-state index >= 15 is 0 Å². The van der Waals surface area contributed by atoms with Crippen LogP contribution in [-0.2, 0) is 12.0 Å². The van der Waals surface area contributed by atoms with E-state index in [0.29, 0.717) is 12.4 Å². The van der Waals surface area contributed by atoms with E-state index in [2.05, 4.69) is 58.7 Å². The smallest absolute Gasteiger partial charge is 0.216 e. The molecule has 3 rings (SSSR count). The number of hydrogen-bond donors (Lipinski definition) is 2. The van der Waals surface area contributed by atoms with E-state index in [9.17, 15) is 0 Å². The molecule has 5 nitrogen and oxygen atoms in total. The number of hydrogen-bond acceptors (Lipinski definition) is 3. The van der Waals surface area contributed by atoms with Crippen LogP contribution in [0.1, 0.15) is 61.1 Å². The second-order valence-electron chi connectivity index (χ2n) is 7.65. The fraction of sp³-hybridized carbons (Fsp3) is 0.545. The fourth-order valence-electron chi connectivity index (χ4n) is 3.94. The minimum Gasteiger partial charge on any atom is -0.444 e. The summed E-state index contributed by atoms with van der Waals surface area (Å²) in [6, 6.07) is 8.97. The molecule has 1 aromatic heterocycles. The van der Waals surface area contributed by atoms with Crippen LogP contribution in [0.2, 0.25) is 0 Å². The summed E-state index contributed by atoms with van der Waals surface area (Å²) < 4.78 is 5.65. The van der Waals surface area contributed by atoms with Gasteiger partial charge >= 0.3 is 0 Å². The first-order valence-corrected chi connectivity index (χ1v) is 10.0. The molecule has 154 valence electrons. The molecule has 0 amide bonds. The quantitative estimate of drug-likeness (QED) is 0.343. The summed E-state index contributed by atoms with van der Waals surface area (Å²) in [6.07, 6.45) is 5.03. The number of benzene rings is 1. The maximum Gasteiger partial charge on any atom is 0.216 e. The number of oxazole rings is 1. The van der Waals surface area contributed by atoms with Crippen LogP contribution in [0.4, 0.5) is 0 Å². The molecule has 1 aromatic carbocycles. The minimum absolute atomic E-state index is 0. The van der Waals surface area contributed by atoms with Gasteiger partial charge in [0, 0.05) is 18.5 Å². The molecule has 0 saturated heterocycles. The summed E-state index contributed by atoms with van der Waals surface area (Å²) in [4.78, 5) is 9.10. The number of aromatic nitrogens is 1. The van der Waals surface area contributed by atoms with E-state index in [4.69, 9.17) is 4.42 Å². The molecular weight excluding hydrogens is 463 g/mol. The van der Waals surface area contributed by atoms with Crippen molar-refractivity contribution in [1.29, 1.82) is 0 Å². The number of nitrogens with one attached hydrogen (secondary N) is 2. The Bertz CT molecular complexity index is 774. The number of aryl methyl sites for hydroxylation is 3. The molecule has 1 fully saturated rings. The first kappa shape index (κ1) is 22.7. The Balaban J connectivity index is 0.00000280. The lowest BCUT2D eigenvalue weighted by atomic mass is 9.78. The predicted molar refractivity (Wildman–Crippen MR) is 126 cm³/mol. The average molecular weight is 496 g/mol. The van der Waals surface area contributed by atoms with Crippen molar-refractivity contribution in [3.8, 4) is 0 Å². The highest BCUT2D eigenvalue weighted by atomic mass is 127. The van der Waals surface area contributed by atoms with Crippen molar-refractivity contribution < 1.29 is 4.42 Å². The van der Waals surface area contributed by atoms with E-state index in [1.807, 2.05) is 13.8 Å². The molecular formula is C22H33IN4O. The summed E-state index contributed by atoms with van der Waals surface area (Å²) in [5.74, 6) is 2.35. The van der Waals surface area contributed by atoms with Gasteiger partial charge in [0.15, 0.2) is 5.96 Å². The summed E-state index contributed by atoms with van der Waals surface area (Å²) in [5, 5.41) is 6.93. The molecule has 1 aliphatic rings. The lowest BCUT2D eigenvalue weighted by Crippen LogP contribution is -2.44. The Morgan fingerprint density at radius 2 is 1.93 bits per heavy atom. The lowest BCUT2D eigenvalue weighted by Gasteiger charge is -2.31. The van der Waals surface area contributed by atoms with Crippen LogP contribution in [0.5, 0.6) is 0 Å². The van der Waals surface area contributed by atoms with Crippen LogP contribution in [0.15, 0.2) is 33.7 Å². The van der Waals surface area contributed by atoms with E-state index < -0.39 is 0 Å². The van der Waals surface area contributed by atoms with Crippen molar-refractivity contribution in [2.45, 2.75) is 65.3 Å². The molecule has 0 atom stereocenters. The standard InChI is InChI=1S/C22H32N4O.HI/c1-5-23-21(24-14-20-26-17(3)18(4)27-20)25-15-22(11-6-7-12-22)19-10-8-9-16(2)13-19;/h8-10,13H,5-7,11-12,14-15H2,1-4H3,(H2,23,24,25);1H. The van der Waals surface area contributed by atoms with Crippen LogP contribution in [-0.4, -0.2) is 24.0 Å². The topological polar surface area (TPSA) is 62.5 Å². The zero-order chi connectivity index (χ0) is 19.3. The van der Waals surface area contributed by atoms with Crippen LogP contribution in [0.3, 0.4) is 0 Å². The molecule has 0 radical (unpaired) electrons. The Morgan fingerprint density at radius 1 is 1.18 bits per heavy atom. The maximum atomic E-state index is 5.65. The van der Waals surface area contributed by atoms with Crippen LogP contribution in [0, 0.1) is 20.8 Å². The van der Waals surface area contributed by atoms with E-state index in [1.54, 1.807) is 0 Å². The molecule has 0 aliphatic heterocycles. The highest BCUT2D eigenvalue weighted by Gasteiger charge is 2.35. The minimum atomic E-state index is 0. The van der Waals surface area contributed by atoms with Crippen LogP contribution in [0.25, 0.3) is 0 Å². The molecule has 0 unspecified atom stereocenters. The van der Waals surface area contributed by atoms with Gasteiger partial charge in [-0.1, -0.05) is 42.7 Å². The highest BCUT2D eigenvalue weighted by Crippen LogP contribution is 2.40.